The Bertz CT molecular complexity index is 661. The standard InChI is InChI=1S/C15H17N3O2S/c1-19-11-6-4-3-5-10(11)7-8-18-15-14(20-2)13(17)12(9-16)21-15/h3-6,18H,7-8,17H2,1-2H3. The third-order valence-corrected chi connectivity index (χ3v) is 4.13. The van der Waals surface area contributed by atoms with Crippen LogP contribution in [-0.4, -0.2) is 20.8 Å². The fraction of sp³-hybridized carbons (Fsp3) is 0.267. The largest absolute Gasteiger partial charge is 0.496 e. The Morgan fingerprint density at radius 2 is 2.05 bits per heavy atom. The van der Waals surface area contributed by atoms with E-state index in [-0.39, 0.29) is 0 Å². The summed E-state index contributed by atoms with van der Waals surface area (Å²) in [5.41, 5.74) is 7.37. The average molecular weight is 303 g/mol. The lowest BCUT2D eigenvalue weighted by atomic mass is 10.1. The van der Waals surface area contributed by atoms with Gasteiger partial charge in [-0.15, -0.1) is 11.3 Å². The maximum Gasteiger partial charge on any atom is 0.177 e. The van der Waals surface area contributed by atoms with E-state index in [1.807, 2.05) is 24.3 Å². The lowest BCUT2D eigenvalue weighted by molar-refractivity contribution is 0.410. The number of anilines is 2. The topological polar surface area (TPSA) is 80.3 Å². The fourth-order valence-electron chi connectivity index (χ4n) is 2.05. The predicted octanol–water partition coefficient (Wildman–Crippen LogP) is 2.87. The van der Waals surface area contributed by atoms with Crippen LogP contribution in [0.4, 0.5) is 10.7 Å². The zero-order valence-electron chi connectivity index (χ0n) is 12.0. The van der Waals surface area contributed by atoms with Crippen molar-refractivity contribution in [3.05, 3.63) is 34.7 Å². The van der Waals surface area contributed by atoms with Crippen LogP contribution >= 0.6 is 11.3 Å². The number of hydrogen-bond acceptors (Lipinski definition) is 6. The van der Waals surface area contributed by atoms with Crippen LogP contribution in [0.15, 0.2) is 24.3 Å². The first-order valence-corrected chi connectivity index (χ1v) is 7.25. The molecule has 0 unspecified atom stereocenters. The zero-order valence-corrected chi connectivity index (χ0v) is 12.8. The lowest BCUT2D eigenvalue weighted by Crippen LogP contribution is -2.05. The molecule has 0 aliphatic heterocycles. The van der Waals surface area contributed by atoms with Crippen LogP contribution in [0.25, 0.3) is 0 Å². The molecule has 3 N–H and O–H groups in total. The molecule has 0 bridgehead atoms. The van der Waals surface area contributed by atoms with Gasteiger partial charge in [-0.25, -0.2) is 0 Å². The average Bonchev–Trinajstić information content (AvgIpc) is 2.83. The number of nitrogen functional groups attached to an aromatic ring is 1. The highest BCUT2D eigenvalue weighted by Crippen LogP contribution is 2.41. The van der Waals surface area contributed by atoms with Crippen molar-refractivity contribution in [2.24, 2.45) is 0 Å². The number of methoxy groups -OCH3 is 2. The highest BCUT2D eigenvalue weighted by Gasteiger charge is 2.16. The monoisotopic (exact) mass is 303 g/mol. The first-order chi connectivity index (χ1) is 10.2. The van der Waals surface area contributed by atoms with Crippen LogP contribution in [0.5, 0.6) is 11.5 Å². The SMILES string of the molecule is COc1ccccc1CCNc1sc(C#N)c(N)c1OC. The second-order valence-electron chi connectivity index (χ2n) is 4.31. The fourth-order valence-corrected chi connectivity index (χ4v) is 2.96. The minimum Gasteiger partial charge on any atom is -0.496 e. The maximum absolute atomic E-state index is 9.00. The van der Waals surface area contributed by atoms with Crippen LogP contribution in [-0.2, 0) is 6.42 Å². The molecule has 0 saturated carbocycles. The van der Waals surface area contributed by atoms with E-state index in [0.29, 0.717) is 22.9 Å². The normalized spacial score (nSPS) is 9.95. The van der Waals surface area contributed by atoms with E-state index in [1.165, 1.54) is 11.3 Å². The summed E-state index contributed by atoms with van der Waals surface area (Å²) < 4.78 is 10.6. The first kappa shape index (κ1) is 15.0. The number of nitrogens with two attached hydrogens (primary N) is 1. The highest BCUT2D eigenvalue weighted by molar-refractivity contribution is 7.17. The maximum atomic E-state index is 9.00. The molecule has 0 radical (unpaired) electrons. The summed E-state index contributed by atoms with van der Waals surface area (Å²) in [5, 5.41) is 13.0. The second kappa shape index (κ2) is 6.86. The molecule has 110 valence electrons. The molecule has 1 aromatic carbocycles. The Morgan fingerprint density at radius 3 is 2.71 bits per heavy atom. The van der Waals surface area contributed by atoms with Crippen molar-refractivity contribution in [3.63, 3.8) is 0 Å². The molecule has 0 atom stereocenters. The Kier molecular flexibility index (Phi) is 4.90. The van der Waals surface area contributed by atoms with Gasteiger partial charge in [-0.3, -0.25) is 0 Å². The van der Waals surface area contributed by atoms with Crippen molar-refractivity contribution in [1.29, 1.82) is 5.26 Å². The molecule has 0 fully saturated rings. The van der Waals surface area contributed by atoms with Gasteiger partial charge in [0.05, 0.1) is 14.2 Å². The number of nitrogens with one attached hydrogen (secondary N) is 1. The summed E-state index contributed by atoms with van der Waals surface area (Å²) in [6.07, 6.45) is 0.798. The quantitative estimate of drug-likeness (QED) is 0.857. The van der Waals surface area contributed by atoms with Crippen LogP contribution < -0.4 is 20.5 Å². The molecule has 0 spiro atoms. The van der Waals surface area contributed by atoms with E-state index in [0.717, 1.165) is 22.7 Å². The Hall–Kier alpha value is -2.39. The molecule has 1 heterocycles. The molecular weight excluding hydrogens is 286 g/mol. The molecule has 21 heavy (non-hydrogen) atoms. The van der Waals surface area contributed by atoms with Crippen LogP contribution in [0.1, 0.15) is 10.4 Å². The Morgan fingerprint density at radius 1 is 1.29 bits per heavy atom. The van der Waals surface area contributed by atoms with Gasteiger partial charge in [0.2, 0.25) is 0 Å². The first-order valence-electron chi connectivity index (χ1n) is 6.43. The zero-order chi connectivity index (χ0) is 15.2. The van der Waals surface area contributed by atoms with E-state index in [1.54, 1.807) is 14.2 Å². The molecular formula is C15H17N3O2S. The van der Waals surface area contributed by atoms with E-state index in [9.17, 15) is 0 Å². The molecule has 0 aliphatic rings. The number of thiophene rings is 1. The molecule has 2 rings (SSSR count). The molecule has 2 aromatic rings. The molecule has 0 aliphatic carbocycles. The third-order valence-electron chi connectivity index (χ3n) is 3.08. The van der Waals surface area contributed by atoms with E-state index in [4.69, 9.17) is 20.5 Å². The number of para-hydroxylation sites is 1. The van der Waals surface area contributed by atoms with E-state index < -0.39 is 0 Å². The van der Waals surface area contributed by atoms with Crippen molar-refractivity contribution in [1.82, 2.24) is 0 Å². The summed E-state index contributed by atoms with van der Waals surface area (Å²) in [5.74, 6) is 1.41. The lowest BCUT2D eigenvalue weighted by Gasteiger charge is -2.10. The van der Waals surface area contributed by atoms with E-state index >= 15 is 0 Å². The molecule has 0 amide bonds. The van der Waals surface area contributed by atoms with Crippen LogP contribution in [0.2, 0.25) is 0 Å². The summed E-state index contributed by atoms with van der Waals surface area (Å²) >= 11 is 1.30. The molecule has 0 saturated heterocycles. The van der Waals surface area contributed by atoms with Gasteiger partial charge in [-0.05, 0) is 18.1 Å². The smallest absolute Gasteiger partial charge is 0.177 e. The summed E-state index contributed by atoms with van der Waals surface area (Å²) in [7, 11) is 3.21. The van der Waals surface area contributed by atoms with Gasteiger partial charge in [0, 0.05) is 6.54 Å². The van der Waals surface area contributed by atoms with Gasteiger partial charge in [0.15, 0.2) is 5.75 Å². The number of ether oxygens (including phenoxy) is 2. The van der Waals surface area contributed by atoms with Gasteiger partial charge in [-0.2, -0.15) is 5.26 Å². The van der Waals surface area contributed by atoms with Gasteiger partial charge >= 0.3 is 0 Å². The minimum atomic E-state index is 0.393. The van der Waals surface area contributed by atoms with Crippen molar-refractivity contribution >= 4 is 22.0 Å². The number of nitriles is 1. The number of nitrogens with zero attached hydrogens (tertiary/aromatic N) is 1. The summed E-state index contributed by atoms with van der Waals surface area (Å²) in [6, 6.07) is 9.96. The van der Waals surface area contributed by atoms with Gasteiger partial charge in [0.1, 0.15) is 27.4 Å². The van der Waals surface area contributed by atoms with Crippen molar-refractivity contribution in [2.75, 3.05) is 31.8 Å². The number of rotatable bonds is 6. The number of hydrogen-bond donors (Lipinski definition) is 2. The van der Waals surface area contributed by atoms with Crippen LogP contribution in [0, 0.1) is 11.3 Å². The highest BCUT2D eigenvalue weighted by atomic mass is 32.1. The van der Waals surface area contributed by atoms with Gasteiger partial charge in [0.25, 0.3) is 0 Å². The Labute approximate surface area is 127 Å². The summed E-state index contributed by atoms with van der Waals surface area (Å²) in [4.78, 5) is 0.464. The molecule has 1 aromatic heterocycles. The molecule has 5 nitrogen and oxygen atoms in total. The minimum absolute atomic E-state index is 0.393. The van der Waals surface area contributed by atoms with Crippen molar-refractivity contribution < 1.29 is 9.47 Å². The predicted molar refractivity (Wildman–Crippen MR) is 85.2 cm³/mol. The van der Waals surface area contributed by atoms with Crippen molar-refractivity contribution in [3.8, 4) is 17.6 Å². The number of benzene rings is 1. The second-order valence-corrected chi connectivity index (χ2v) is 5.33. The molecule has 6 heteroatoms. The van der Waals surface area contributed by atoms with Crippen LogP contribution in [0.3, 0.4) is 0 Å². The van der Waals surface area contributed by atoms with E-state index in [2.05, 4.69) is 11.4 Å². The van der Waals surface area contributed by atoms with Gasteiger partial charge in [-0.1, -0.05) is 18.2 Å². The van der Waals surface area contributed by atoms with Crippen molar-refractivity contribution in [2.45, 2.75) is 6.42 Å². The Balaban J connectivity index is 2.06. The summed E-state index contributed by atoms with van der Waals surface area (Å²) in [6.45, 7) is 0.696. The third kappa shape index (κ3) is 3.20. The van der Waals surface area contributed by atoms with Gasteiger partial charge < -0.3 is 20.5 Å².